The van der Waals surface area contributed by atoms with Crippen LogP contribution < -0.4 is 0 Å². The first kappa shape index (κ1) is 8.08. The number of halogens is 1. The van der Waals surface area contributed by atoms with Crippen molar-refractivity contribution in [1.82, 2.24) is 0 Å². The molecule has 1 aromatic rings. The summed E-state index contributed by atoms with van der Waals surface area (Å²) in [5.41, 5.74) is 0.943. The molecule has 0 spiro atoms. The standard InChI is InChI=1S/C8H7ClO2/c1-5-3-2-4-6(7(5)9)8(10)11/h2-4H,1H3,(H,10,11). The Bertz CT molecular complexity index is 294. The summed E-state index contributed by atoms with van der Waals surface area (Å²) in [4.78, 5) is 10.5. The molecule has 1 N–H and O–H groups in total. The quantitative estimate of drug-likeness (QED) is 0.703. The normalized spacial score (nSPS) is 9.64. The molecule has 3 heteroatoms. The first-order valence-corrected chi connectivity index (χ1v) is 3.49. The van der Waals surface area contributed by atoms with Crippen molar-refractivity contribution >= 4 is 17.6 Å². The molecule has 58 valence electrons. The van der Waals surface area contributed by atoms with Gasteiger partial charge in [-0.15, -0.1) is 0 Å². The minimum atomic E-state index is -0.987. The van der Waals surface area contributed by atoms with Crippen LogP contribution in [0.1, 0.15) is 15.9 Å². The number of carboxylic acid groups (broad SMARTS) is 1. The van der Waals surface area contributed by atoms with Crippen molar-refractivity contribution in [2.45, 2.75) is 6.92 Å². The van der Waals surface area contributed by atoms with Gasteiger partial charge in [-0.05, 0) is 18.6 Å². The zero-order valence-electron chi connectivity index (χ0n) is 5.97. The molecule has 0 aliphatic rings. The summed E-state index contributed by atoms with van der Waals surface area (Å²) in [7, 11) is 0. The van der Waals surface area contributed by atoms with E-state index in [2.05, 4.69) is 0 Å². The molecule has 1 rings (SSSR count). The van der Waals surface area contributed by atoms with E-state index in [-0.39, 0.29) is 5.56 Å². The zero-order valence-corrected chi connectivity index (χ0v) is 6.72. The van der Waals surface area contributed by atoms with Crippen molar-refractivity contribution in [3.05, 3.63) is 34.3 Å². The van der Waals surface area contributed by atoms with Crippen LogP contribution >= 0.6 is 11.6 Å². The lowest BCUT2D eigenvalue weighted by Crippen LogP contribution is -1.97. The van der Waals surface area contributed by atoms with Gasteiger partial charge in [-0.1, -0.05) is 23.7 Å². The molecule has 0 amide bonds. The molecule has 0 radical (unpaired) electrons. The molecule has 11 heavy (non-hydrogen) atoms. The Morgan fingerprint density at radius 2 is 2.18 bits per heavy atom. The van der Waals surface area contributed by atoms with Crippen molar-refractivity contribution in [2.24, 2.45) is 0 Å². The van der Waals surface area contributed by atoms with Crippen LogP contribution in [0.5, 0.6) is 0 Å². The largest absolute Gasteiger partial charge is 0.478 e. The van der Waals surface area contributed by atoms with E-state index in [4.69, 9.17) is 16.7 Å². The van der Waals surface area contributed by atoms with Gasteiger partial charge in [0.1, 0.15) is 0 Å². The van der Waals surface area contributed by atoms with Gasteiger partial charge >= 0.3 is 5.97 Å². The minimum Gasteiger partial charge on any atom is -0.478 e. The van der Waals surface area contributed by atoms with E-state index in [1.54, 1.807) is 19.1 Å². The highest BCUT2D eigenvalue weighted by Gasteiger charge is 2.08. The van der Waals surface area contributed by atoms with Crippen LogP contribution in [-0.2, 0) is 0 Å². The molecule has 0 unspecified atom stereocenters. The maximum absolute atomic E-state index is 10.5. The second-order valence-electron chi connectivity index (χ2n) is 2.24. The second-order valence-corrected chi connectivity index (χ2v) is 2.62. The molecular weight excluding hydrogens is 164 g/mol. The van der Waals surface area contributed by atoms with E-state index >= 15 is 0 Å². The molecular formula is C8H7ClO2. The number of carbonyl (C=O) groups is 1. The van der Waals surface area contributed by atoms with Crippen LogP contribution in [0.15, 0.2) is 18.2 Å². The fourth-order valence-electron chi connectivity index (χ4n) is 0.813. The lowest BCUT2D eigenvalue weighted by molar-refractivity contribution is 0.0697. The average molecular weight is 171 g/mol. The predicted molar refractivity (Wildman–Crippen MR) is 43.1 cm³/mol. The maximum atomic E-state index is 10.5. The molecule has 0 saturated carbocycles. The summed E-state index contributed by atoms with van der Waals surface area (Å²) in [6.45, 7) is 1.77. The van der Waals surface area contributed by atoms with Crippen molar-refractivity contribution in [2.75, 3.05) is 0 Å². The van der Waals surface area contributed by atoms with Crippen LogP contribution in [0.2, 0.25) is 5.02 Å². The molecule has 0 heterocycles. The third-order valence-electron chi connectivity index (χ3n) is 1.42. The van der Waals surface area contributed by atoms with Crippen molar-refractivity contribution in [1.29, 1.82) is 0 Å². The smallest absolute Gasteiger partial charge is 0.337 e. The highest BCUT2D eigenvalue weighted by Crippen LogP contribution is 2.19. The highest BCUT2D eigenvalue weighted by atomic mass is 35.5. The zero-order chi connectivity index (χ0) is 8.43. The predicted octanol–water partition coefficient (Wildman–Crippen LogP) is 2.35. The van der Waals surface area contributed by atoms with Crippen LogP contribution in [0.3, 0.4) is 0 Å². The average Bonchev–Trinajstić information content (AvgIpc) is 1.94. The molecule has 2 nitrogen and oxygen atoms in total. The Kier molecular flexibility index (Phi) is 2.15. The van der Waals surface area contributed by atoms with E-state index in [1.165, 1.54) is 6.07 Å². The van der Waals surface area contributed by atoms with Crippen molar-refractivity contribution < 1.29 is 9.90 Å². The van der Waals surface area contributed by atoms with Gasteiger partial charge in [-0.3, -0.25) is 0 Å². The van der Waals surface area contributed by atoms with Crippen molar-refractivity contribution in [3.8, 4) is 0 Å². The number of aryl methyl sites for hydroxylation is 1. The Labute approximate surface area is 69.4 Å². The fourth-order valence-corrected chi connectivity index (χ4v) is 1.02. The SMILES string of the molecule is Cc1cccc(C(=O)O)c1Cl. The lowest BCUT2D eigenvalue weighted by atomic mass is 10.1. The third-order valence-corrected chi connectivity index (χ3v) is 1.92. The summed E-state index contributed by atoms with van der Waals surface area (Å²) in [5.74, 6) is -0.987. The molecule has 0 fully saturated rings. The van der Waals surface area contributed by atoms with Crippen LogP contribution in [-0.4, -0.2) is 11.1 Å². The molecule has 0 saturated heterocycles. The van der Waals surface area contributed by atoms with E-state index in [0.29, 0.717) is 5.02 Å². The summed E-state index contributed by atoms with van der Waals surface area (Å²) in [6, 6.07) is 4.93. The van der Waals surface area contributed by atoms with Gasteiger partial charge in [0.05, 0.1) is 10.6 Å². The molecule has 0 aliphatic carbocycles. The number of benzene rings is 1. The van der Waals surface area contributed by atoms with Gasteiger partial charge in [0.25, 0.3) is 0 Å². The van der Waals surface area contributed by atoms with Gasteiger partial charge in [0.15, 0.2) is 0 Å². The second kappa shape index (κ2) is 2.93. The minimum absolute atomic E-state index is 0.159. The summed E-state index contributed by atoms with van der Waals surface area (Å²) < 4.78 is 0. The monoisotopic (exact) mass is 170 g/mol. The molecule has 0 bridgehead atoms. The summed E-state index contributed by atoms with van der Waals surface area (Å²) >= 11 is 5.71. The number of rotatable bonds is 1. The van der Waals surface area contributed by atoms with E-state index < -0.39 is 5.97 Å². The summed E-state index contributed by atoms with van der Waals surface area (Å²) in [6.07, 6.45) is 0. The topological polar surface area (TPSA) is 37.3 Å². The fraction of sp³-hybridized carbons (Fsp3) is 0.125. The van der Waals surface area contributed by atoms with Gasteiger partial charge in [0.2, 0.25) is 0 Å². The van der Waals surface area contributed by atoms with Crippen LogP contribution in [0, 0.1) is 6.92 Å². The maximum Gasteiger partial charge on any atom is 0.337 e. The number of hydrogen-bond donors (Lipinski definition) is 1. The molecule has 0 aromatic heterocycles. The Hall–Kier alpha value is -1.02. The van der Waals surface area contributed by atoms with Gasteiger partial charge in [-0.2, -0.15) is 0 Å². The number of carboxylic acids is 1. The van der Waals surface area contributed by atoms with Gasteiger partial charge in [0, 0.05) is 0 Å². The van der Waals surface area contributed by atoms with Crippen molar-refractivity contribution in [3.63, 3.8) is 0 Å². The Balaban J connectivity index is 3.27. The molecule has 0 aliphatic heterocycles. The Morgan fingerprint density at radius 1 is 1.55 bits per heavy atom. The first-order valence-electron chi connectivity index (χ1n) is 3.11. The van der Waals surface area contributed by atoms with E-state index in [0.717, 1.165) is 5.56 Å². The van der Waals surface area contributed by atoms with Crippen LogP contribution in [0.25, 0.3) is 0 Å². The van der Waals surface area contributed by atoms with Gasteiger partial charge in [-0.25, -0.2) is 4.79 Å². The first-order chi connectivity index (χ1) is 5.13. The molecule has 0 atom stereocenters. The number of hydrogen-bond acceptors (Lipinski definition) is 1. The molecule has 1 aromatic carbocycles. The van der Waals surface area contributed by atoms with E-state index in [1.807, 2.05) is 0 Å². The third kappa shape index (κ3) is 1.52. The van der Waals surface area contributed by atoms with Crippen LogP contribution in [0.4, 0.5) is 0 Å². The number of aromatic carboxylic acids is 1. The highest BCUT2D eigenvalue weighted by molar-refractivity contribution is 6.34. The van der Waals surface area contributed by atoms with E-state index in [9.17, 15) is 4.79 Å². The van der Waals surface area contributed by atoms with Gasteiger partial charge < -0.3 is 5.11 Å². The summed E-state index contributed by atoms with van der Waals surface area (Å²) in [5, 5.41) is 8.93. The lowest BCUT2D eigenvalue weighted by Gasteiger charge is -1.99. The Morgan fingerprint density at radius 3 is 2.64 bits per heavy atom.